The van der Waals surface area contributed by atoms with Gasteiger partial charge in [0, 0.05) is 19.2 Å². The second-order valence-corrected chi connectivity index (χ2v) is 2.10. The maximum Gasteiger partial charge on any atom is 0.0655 e. The van der Waals surface area contributed by atoms with Gasteiger partial charge >= 0.3 is 0 Å². The molecule has 0 aromatic rings. The van der Waals surface area contributed by atoms with Crippen LogP contribution in [0.3, 0.4) is 0 Å². The lowest BCUT2D eigenvalue weighted by atomic mass is 10.3. The molecule has 2 heteroatoms. The summed E-state index contributed by atoms with van der Waals surface area (Å²) >= 11 is 0. The summed E-state index contributed by atoms with van der Waals surface area (Å²) in [5, 5.41) is 3.26. The fraction of sp³-hybridized carbons (Fsp3) is 0.714. The molecule has 0 aliphatic carbocycles. The van der Waals surface area contributed by atoms with Crippen LogP contribution < -0.4 is 5.32 Å². The van der Waals surface area contributed by atoms with Gasteiger partial charge in [0.05, 0.1) is 6.61 Å². The SMILES string of the molecule is CCOCC1C=CCN1. The smallest absolute Gasteiger partial charge is 0.0655 e. The van der Waals surface area contributed by atoms with Crippen molar-refractivity contribution in [3.63, 3.8) is 0 Å². The summed E-state index contributed by atoms with van der Waals surface area (Å²) in [4.78, 5) is 0. The Hall–Kier alpha value is -0.340. The van der Waals surface area contributed by atoms with Crippen LogP contribution in [0.25, 0.3) is 0 Å². The highest BCUT2D eigenvalue weighted by atomic mass is 16.5. The molecule has 1 unspecified atom stereocenters. The quantitative estimate of drug-likeness (QED) is 0.559. The van der Waals surface area contributed by atoms with Gasteiger partial charge in [0.2, 0.25) is 0 Å². The molecule has 0 saturated carbocycles. The Labute approximate surface area is 55.9 Å². The first kappa shape index (κ1) is 6.78. The Morgan fingerprint density at radius 3 is 3.22 bits per heavy atom. The summed E-state index contributed by atoms with van der Waals surface area (Å²) in [5.41, 5.74) is 0. The van der Waals surface area contributed by atoms with E-state index in [0.717, 1.165) is 19.8 Å². The fourth-order valence-electron chi connectivity index (χ4n) is 0.879. The zero-order valence-electron chi connectivity index (χ0n) is 5.76. The highest BCUT2D eigenvalue weighted by molar-refractivity contribution is 5.01. The standard InChI is InChI=1S/C7H13NO/c1-2-9-6-7-4-3-5-8-7/h3-4,7-8H,2,5-6H2,1H3. The third-order valence-corrected chi connectivity index (χ3v) is 1.37. The Morgan fingerprint density at radius 1 is 1.78 bits per heavy atom. The molecule has 0 fully saturated rings. The largest absolute Gasteiger partial charge is 0.380 e. The van der Waals surface area contributed by atoms with Crippen LogP contribution in [0.1, 0.15) is 6.92 Å². The number of nitrogens with one attached hydrogen (secondary N) is 1. The predicted octanol–water partition coefficient (Wildman–Crippen LogP) is 0.551. The molecule has 0 aromatic carbocycles. The molecule has 0 bridgehead atoms. The molecule has 1 atom stereocenters. The summed E-state index contributed by atoms with van der Waals surface area (Å²) < 4.78 is 5.20. The minimum absolute atomic E-state index is 0.463. The molecule has 1 N–H and O–H groups in total. The summed E-state index contributed by atoms with van der Waals surface area (Å²) in [7, 11) is 0. The zero-order chi connectivity index (χ0) is 6.53. The second-order valence-electron chi connectivity index (χ2n) is 2.10. The van der Waals surface area contributed by atoms with Gasteiger partial charge in [-0.25, -0.2) is 0 Å². The van der Waals surface area contributed by atoms with Gasteiger partial charge in [-0.3, -0.25) is 0 Å². The lowest BCUT2D eigenvalue weighted by Gasteiger charge is -2.07. The number of hydrogen-bond donors (Lipinski definition) is 1. The Bertz CT molecular complexity index is 101. The lowest BCUT2D eigenvalue weighted by Crippen LogP contribution is -2.26. The number of rotatable bonds is 3. The van der Waals surface area contributed by atoms with Crippen LogP contribution in [0.5, 0.6) is 0 Å². The zero-order valence-corrected chi connectivity index (χ0v) is 5.76. The van der Waals surface area contributed by atoms with Crippen LogP contribution in [-0.4, -0.2) is 25.8 Å². The minimum Gasteiger partial charge on any atom is -0.380 e. The first-order valence-electron chi connectivity index (χ1n) is 3.41. The third-order valence-electron chi connectivity index (χ3n) is 1.37. The van der Waals surface area contributed by atoms with Crippen LogP contribution in [0, 0.1) is 0 Å². The molecule has 0 radical (unpaired) electrons. The topological polar surface area (TPSA) is 21.3 Å². The lowest BCUT2D eigenvalue weighted by molar-refractivity contribution is 0.137. The van der Waals surface area contributed by atoms with E-state index in [9.17, 15) is 0 Å². The number of ether oxygens (including phenoxy) is 1. The van der Waals surface area contributed by atoms with Gasteiger partial charge in [0.15, 0.2) is 0 Å². The maximum atomic E-state index is 5.20. The van der Waals surface area contributed by atoms with Gasteiger partial charge < -0.3 is 10.1 Å². The first-order valence-corrected chi connectivity index (χ1v) is 3.41. The molecule has 0 amide bonds. The molecular weight excluding hydrogens is 114 g/mol. The van der Waals surface area contributed by atoms with E-state index in [0.29, 0.717) is 6.04 Å². The fourth-order valence-corrected chi connectivity index (χ4v) is 0.879. The molecule has 0 saturated heterocycles. The second kappa shape index (κ2) is 3.64. The molecule has 1 aliphatic rings. The van der Waals surface area contributed by atoms with E-state index in [1.165, 1.54) is 0 Å². The van der Waals surface area contributed by atoms with Gasteiger partial charge in [-0.15, -0.1) is 0 Å². The van der Waals surface area contributed by atoms with Gasteiger partial charge in [-0.1, -0.05) is 12.2 Å². The van der Waals surface area contributed by atoms with Gasteiger partial charge in [-0.05, 0) is 6.92 Å². The Balaban J connectivity index is 2.05. The van der Waals surface area contributed by atoms with E-state index >= 15 is 0 Å². The van der Waals surface area contributed by atoms with Crippen LogP contribution >= 0.6 is 0 Å². The van der Waals surface area contributed by atoms with E-state index in [4.69, 9.17) is 4.74 Å². The highest BCUT2D eigenvalue weighted by Crippen LogP contribution is 1.94. The van der Waals surface area contributed by atoms with Crippen molar-refractivity contribution in [1.29, 1.82) is 0 Å². The normalized spacial score (nSPS) is 25.2. The Kier molecular flexibility index (Phi) is 2.74. The summed E-state index contributed by atoms with van der Waals surface area (Å²) in [6.45, 7) is 4.63. The van der Waals surface area contributed by atoms with Crippen molar-refractivity contribution in [3.8, 4) is 0 Å². The predicted molar refractivity (Wildman–Crippen MR) is 37.4 cm³/mol. The molecule has 0 spiro atoms. The molecule has 52 valence electrons. The van der Waals surface area contributed by atoms with Crippen LogP contribution in [-0.2, 0) is 4.74 Å². The van der Waals surface area contributed by atoms with Crippen molar-refractivity contribution < 1.29 is 4.74 Å². The third kappa shape index (κ3) is 2.16. The van der Waals surface area contributed by atoms with Crippen LogP contribution in [0.4, 0.5) is 0 Å². The maximum absolute atomic E-state index is 5.20. The number of hydrogen-bond acceptors (Lipinski definition) is 2. The van der Waals surface area contributed by atoms with Crippen molar-refractivity contribution in [3.05, 3.63) is 12.2 Å². The van der Waals surface area contributed by atoms with Crippen molar-refractivity contribution >= 4 is 0 Å². The van der Waals surface area contributed by atoms with Gasteiger partial charge in [0.1, 0.15) is 0 Å². The van der Waals surface area contributed by atoms with Gasteiger partial charge in [-0.2, -0.15) is 0 Å². The molecule has 9 heavy (non-hydrogen) atoms. The molecule has 1 aliphatic heterocycles. The van der Waals surface area contributed by atoms with Gasteiger partial charge in [0.25, 0.3) is 0 Å². The van der Waals surface area contributed by atoms with Crippen molar-refractivity contribution in [2.75, 3.05) is 19.8 Å². The average Bonchev–Trinajstić information content (AvgIpc) is 2.34. The molecule has 1 rings (SSSR count). The van der Waals surface area contributed by atoms with Crippen molar-refractivity contribution in [2.24, 2.45) is 0 Å². The van der Waals surface area contributed by atoms with E-state index < -0.39 is 0 Å². The average molecular weight is 127 g/mol. The van der Waals surface area contributed by atoms with Crippen LogP contribution in [0.2, 0.25) is 0 Å². The monoisotopic (exact) mass is 127 g/mol. The summed E-state index contributed by atoms with van der Waals surface area (Å²) in [6.07, 6.45) is 4.28. The van der Waals surface area contributed by atoms with E-state index in [1.54, 1.807) is 0 Å². The highest BCUT2D eigenvalue weighted by Gasteiger charge is 2.05. The van der Waals surface area contributed by atoms with E-state index in [2.05, 4.69) is 17.5 Å². The summed E-state index contributed by atoms with van der Waals surface area (Å²) in [6, 6.07) is 0.463. The Morgan fingerprint density at radius 2 is 2.67 bits per heavy atom. The van der Waals surface area contributed by atoms with Crippen molar-refractivity contribution in [2.45, 2.75) is 13.0 Å². The van der Waals surface area contributed by atoms with Crippen molar-refractivity contribution in [1.82, 2.24) is 5.32 Å². The first-order chi connectivity index (χ1) is 4.43. The van der Waals surface area contributed by atoms with Crippen LogP contribution in [0.15, 0.2) is 12.2 Å². The molecule has 0 aromatic heterocycles. The molecule has 1 heterocycles. The minimum atomic E-state index is 0.463. The molecule has 2 nitrogen and oxygen atoms in total. The molecular formula is C7H13NO. The van der Waals surface area contributed by atoms with E-state index in [-0.39, 0.29) is 0 Å². The summed E-state index contributed by atoms with van der Waals surface area (Å²) in [5.74, 6) is 0. The van der Waals surface area contributed by atoms with E-state index in [1.807, 2.05) is 6.92 Å².